The molecule has 0 amide bonds. The Morgan fingerprint density at radius 2 is 0.485 bits per heavy atom. The number of rotatable bonds is 57. The van der Waals surface area contributed by atoms with Gasteiger partial charge < -0.3 is 14.2 Å². The maximum atomic E-state index is 12.8. The largest absolute Gasteiger partial charge is 0.462 e. The van der Waals surface area contributed by atoms with Crippen molar-refractivity contribution in [1.82, 2.24) is 0 Å². The summed E-state index contributed by atoms with van der Waals surface area (Å²) in [4.78, 5) is 38.1. The molecule has 402 valence electrons. The first-order chi connectivity index (χ1) is 33.5. The third-order valence-electron chi connectivity index (χ3n) is 14.0. The van der Waals surface area contributed by atoms with E-state index in [0.29, 0.717) is 19.3 Å². The van der Waals surface area contributed by atoms with Crippen molar-refractivity contribution in [1.29, 1.82) is 0 Å². The van der Waals surface area contributed by atoms with Crippen LogP contribution in [0.4, 0.5) is 0 Å². The zero-order valence-electron chi connectivity index (χ0n) is 46.2. The highest BCUT2D eigenvalue weighted by atomic mass is 16.6. The van der Waals surface area contributed by atoms with Crippen molar-refractivity contribution in [2.75, 3.05) is 13.2 Å². The monoisotopic (exact) mass is 959 g/mol. The van der Waals surface area contributed by atoms with Crippen molar-refractivity contribution in [2.24, 2.45) is 0 Å². The Hall–Kier alpha value is -1.85. The molecule has 0 aromatic heterocycles. The second-order valence-electron chi connectivity index (χ2n) is 21.0. The summed E-state index contributed by atoms with van der Waals surface area (Å²) in [5.74, 6) is -0.854. The second-order valence-corrected chi connectivity index (χ2v) is 21.0. The van der Waals surface area contributed by atoms with Gasteiger partial charge in [0, 0.05) is 19.3 Å². The van der Waals surface area contributed by atoms with E-state index >= 15 is 0 Å². The first-order valence-electron chi connectivity index (χ1n) is 30.7. The van der Waals surface area contributed by atoms with Gasteiger partial charge in [-0.05, 0) is 44.9 Å². The molecule has 0 saturated carbocycles. The van der Waals surface area contributed by atoms with E-state index in [9.17, 15) is 14.4 Å². The standard InChI is InChI=1S/C62H118O6/c1-4-7-10-13-16-19-22-24-25-26-27-28-29-30-31-32-33-34-35-36-38-40-43-46-49-52-55-61(64)67-58-59(57-66-60(63)54-51-48-45-42-39-21-18-15-12-9-6-3)68-62(65)56-53-50-47-44-41-37-23-20-17-14-11-8-5-2/h20,23,59H,4-19,21-22,24-58H2,1-3H3/b23-20-. The summed E-state index contributed by atoms with van der Waals surface area (Å²) in [6.45, 7) is 6.67. The van der Waals surface area contributed by atoms with E-state index in [2.05, 4.69) is 32.9 Å². The molecule has 0 saturated heterocycles. The van der Waals surface area contributed by atoms with Crippen molar-refractivity contribution < 1.29 is 28.6 Å². The SMILES string of the molecule is CCCCCC/C=C\CCCCCCCC(=O)OC(COC(=O)CCCCCCCCCCCCC)COC(=O)CCCCCCCCCCCCCCCCCCCCCCCCCCCC. The number of ether oxygens (including phenoxy) is 3. The van der Waals surface area contributed by atoms with Crippen LogP contribution in [0, 0.1) is 0 Å². The number of hydrogen-bond donors (Lipinski definition) is 0. The van der Waals surface area contributed by atoms with E-state index in [4.69, 9.17) is 14.2 Å². The molecule has 6 heteroatoms. The van der Waals surface area contributed by atoms with E-state index in [1.54, 1.807) is 0 Å². The van der Waals surface area contributed by atoms with Gasteiger partial charge in [-0.3, -0.25) is 14.4 Å². The molecule has 0 spiro atoms. The molecule has 0 bridgehead atoms. The van der Waals surface area contributed by atoms with Gasteiger partial charge in [-0.15, -0.1) is 0 Å². The predicted octanol–water partition coefficient (Wildman–Crippen LogP) is 20.5. The van der Waals surface area contributed by atoms with Crippen LogP contribution in [0.3, 0.4) is 0 Å². The summed E-state index contributed by atoms with van der Waals surface area (Å²) >= 11 is 0. The molecule has 0 radical (unpaired) electrons. The molecule has 0 aromatic rings. The molecule has 0 rings (SSSR count). The predicted molar refractivity (Wildman–Crippen MR) is 293 cm³/mol. The Kier molecular flexibility index (Phi) is 56.2. The van der Waals surface area contributed by atoms with Crippen LogP contribution in [-0.2, 0) is 28.6 Å². The van der Waals surface area contributed by atoms with Gasteiger partial charge in [0.1, 0.15) is 13.2 Å². The first-order valence-corrected chi connectivity index (χ1v) is 30.7. The molecule has 6 nitrogen and oxygen atoms in total. The highest BCUT2D eigenvalue weighted by Crippen LogP contribution is 2.18. The maximum absolute atomic E-state index is 12.8. The summed E-state index contributed by atoms with van der Waals surface area (Å²) in [5.41, 5.74) is 0. The van der Waals surface area contributed by atoms with Crippen LogP contribution < -0.4 is 0 Å². The third-order valence-corrected chi connectivity index (χ3v) is 14.0. The first kappa shape index (κ1) is 66.2. The normalized spacial score (nSPS) is 12.0. The van der Waals surface area contributed by atoms with Crippen molar-refractivity contribution >= 4 is 17.9 Å². The summed E-state index contributed by atoms with van der Waals surface area (Å²) in [5, 5.41) is 0. The Labute approximate surface area is 424 Å². The van der Waals surface area contributed by atoms with Crippen LogP contribution in [0.15, 0.2) is 12.2 Å². The van der Waals surface area contributed by atoms with Gasteiger partial charge in [0.2, 0.25) is 0 Å². The zero-order chi connectivity index (χ0) is 49.3. The molecule has 0 aliphatic rings. The number of carbonyl (C=O) groups is 3. The van der Waals surface area contributed by atoms with Crippen LogP contribution in [-0.4, -0.2) is 37.2 Å². The lowest BCUT2D eigenvalue weighted by Crippen LogP contribution is -2.30. The molecular formula is C62H118O6. The van der Waals surface area contributed by atoms with Crippen molar-refractivity contribution in [2.45, 2.75) is 354 Å². The Morgan fingerprint density at radius 3 is 0.750 bits per heavy atom. The topological polar surface area (TPSA) is 78.9 Å². The molecular weight excluding hydrogens is 841 g/mol. The Balaban J connectivity index is 4.12. The highest BCUT2D eigenvalue weighted by Gasteiger charge is 2.19. The van der Waals surface area contributed by atoms with Crippen LogP contribution in [0.5, 0.6) is 0 Å². The van der Waals surface area contributed by atoms with Gasteiger partial charge in [0.25, 0.3) is 0 Å². The maximum Gasteiger partial charge on any atom is 0.306 e. The van der Waals surface area contributed by atoms with Crippen LogP contribution in [0.2, 0.25) is 0 Å². The van der Waals surface area contributed by atoms with Crippen LogP contribution >= 0.6 is 0 Å². The average molecular weight is 960 g/mol. The van der Waals surface area contributed by atoms with E-state index in [1.807, 2.05) is 0 Å². The molecule has 1 unspecified atom stereocenters. The third kappa shape index (κ3) is 55.1. The minimum Gasteiger partial charge on any atom is -0.462 e. The van der Waals surface area contributed by atoms with Crippen LogP contribution in [0.1, 0.15) is 348 Å². The quantitative estimate of drug-likeness (QED) is 0.0262. The lowest BCUT2D eigenvalue weighted by Gasteiger charge is -2.18. The van der Waals surface area contributed by atoms with Crippen molar-refractivity contribution in [3.63, 3.8) is 0 Å². The van der Waals surface area contributed by atoms with Crippen molar-refractivity contribution in [3.8, 4) is 0 Å². The average Bonchev–Trinajstić information content (AvgIpc) is 3.34. The molecule has 0 aliphatic heterocycles. The number of carbonyl (C=O) groups excluding carboxylic acids is 3. The fourth-order valence-electron chi connectivity index (χ4n) is 9.38. The van der Waals surface area contributed by atoms with Gasteiger partial charge in [0.05, 0.1) is 0 Å². The summed E-state index contributed by atoms with van der Waals surface area (Å²) in [6, 6.07) is 0. The summed E-state index contributed by atoms with van der Waals surface area (Å²) in [7, 11) is 0. The molecule has 0 fully saturated rings. The number of hydrogen-bond acceptors (Lipinski definition) is 6. The summed E-state index contributed by atoms with van der Waals surface area (Å²) in [6.07, 6.45) is 66.6. The van der Waals surface area contributed by atoms with Gasteiger partial charge in [-0.1, -0.05) is 296 Å². The smallest absolute Gasteiger partial charge is 0.306 e. The molecule has 0 aliphatic carbocycles. The lowest BCUT2D eigenvalue weighted by molar-refractivity contribution is -0.167. The van der Waals surface area contributed by atoms with E-state index < -0.39 is 6.10 Å². The Bertz CT molecular complexity index is 1060. The number of esters is 3. The fraction of sp³-hybridized carbons (Fsp3) is 0.919. The van der Waals surface area contributed by atoms with Gasteiger partial charge in [-0.25, -0.2) is 0 Å². The zero-order valence-corrected chi connectivity index (χ0v) is 46.2. The number of allylic oxidation sites excluding steroid dienone is 2. The Morgan fingerprint density at radius 1 is 0.279 bits per heavy atom. The summed E-state index contributed by atoms with van der Waals surface area (Å²) < 4.78 is 16.9. The van der Waals surface area contributed by atoms with Gasteiger partial charge in [0.15, 0.2) is 6.10 Å². The second kappa shape index (κ2) is 57.7. The van der Waals surface area contributed by atoms with E-state index in [0.717, 1.165) is 64.2 Å². The van der Waals surface area contributed by atoms with Gasteiger partial charge >= 0.3 is 17.9 Å². The lowest BCUT2D eigenvalue weighted by atomic mass is 10.0. The molecule has 1 atom stereocenters. The molecule has 68 heavy (non-hydrogen) atoms. The molecule has 0 N–H and O–H groups in total. The van der Waals surface area contributed by atoms with Crippen LogP contribution in [0.25, 0.3) is 0 Å². The van der Waals surface area contributed by atoms with Crippen molar-refractivity contribution in [3.05, 3.63) is 12.2 Å². The van der Waals surface area contributed by atoms with E-state index in [1.165, 1.54) is 244 Å². The minimum absolute atomic E-state index is 0.0676. The molecule has 0 aromatic carbocycles. The van der Waals surface area contributed by atoms with Gasteiger partial charge in [-0.2, -0.15) is 0 Å². The number of unbranched alkanes of at least 4 members (excludes halogenated alkanes) is 44. The minimum atomic E-state index is -0.768. The fourth-order valence-corrected chi connectivity index (χ4v) is 9.38. The highest BCUT2D eigenvalue weighted by molar-refractivity contribution is 5.71. The van der Waals surface area contributed by atoms with E-state index in [-0.39, 0.29) is 31.1 Å². The molecule has 0 heterocycles.